The Labute approximate surface area is 96.8 Å². The van der Waals surface area contributed by atoms with Gasteiger partial charge in [-0.05, 0) is 23.8 Å². The van der Waals surface area contributed by atoms with Gasteiger partial charge in [0.15, 0.2) is 0 Å². The first-order valence-corrected chi connectivity index (χ1v) is 5.07. The van der Waals surface area contributed by atoms with Crippen molar-refractivity contribution < 1.29 is 18.4 Å². The molecule has 82 valence electrons. The lowest BCUT2D eigenvalue weighted by atomic mass is 10.2. The Morgan fingerprint density at radius 3 is 2.60 bits per heavy atom. The molecular weight excluding hydrogens is 266 g/mol. The fourth-order valence-electron chi connectivity index (χ4n) is 1.04. The van der Waals surface area contributed by atoms with Crippen LogP contribution in [0.2, 0.25) is 0 Å². The molecule has 0 aliphatic carbocycles. The molecule has 0 spiro atoms. The minimum absolute atomic E-state index is 0.213. The Hall–Kier alpha value is -0.425. The molecule has 0 saturated heterocycles. The minimum atomic E-state index is -0.736. The zero-order valence-corrected chi connectivity index (χ0v) is 10.1. The Kier molecular flexibility index (Phi) is 5.24. The van der Waals surface area contributed by atoms with Crippen molar-refractivity contribution in [3.8, 4) is 0 Å². The highest BCUT2D eigenvalue weighted by molar-refractivity contribution is 9.10. The summed E-state index contributed by atoms with van der Waals surface area (Å²) in [6, 6.07) is 4.40. The molecule has 0 saturated carbocycles. The van der Waals surface area contributed by atoms with Crippen LogP contribution in [0.25, 0.3) is 0 Å². The number of rotatable bonds is 5. The van der Waals surface area contributed by atoms with Gasteiger partial charge in [0.05, 0.1) is 6.61 Å². The summed E-state index contributed by atoms with van der Waals surface area (Å²) in [6.07, 6.45) is 0. The maximum Gasteiger partial charge on any atom is 0.639 e. The summed E-state index contributed by atoms with van der Waals surface area (Å²) in [7, 11) is 2.20. The Bertz CT molecular complexity index is 320. The zero-order valence-electron chi connectivity index (χ0n) is 8.50. The second kappa shape index (κ2) is 6.22. The van der Waals surface area contributed by atoms with Crippen LogP contribution >= 0.6 is 15.9 Å². The van der Waals surface area contributed by atoms with Crippen LogP contribution < -0.4 is 0 Å². The van der Waals surface area contributed by atoms with Crippen molar-refractivity contribution in [2.75, 3.05) is 14.2 Å². The first-order valence-electron chi connectivity index (χ1n) is 4.28. The van der Waals surface area contributed by atoms with Crippen LogP contribution in [0.5, 0.6) is 0 Å². The van der Waals surface area contributed by atoms with Gasteiger partial charge in [0.2, 0.25) is 0 Å². The monoisotopic (exact) mass is 276 g/mol. The topological polar surface area (TPSA) is 27.7 Å². The molecule has 0 bridgehead atoms. The summed E-state index contributed by atoms with van der Waals surface area (Å²) < 4.78 is 28.6. The van der Waals surface area contributed by atoms with E-state index in [0.29, 0.717) is 5.56 Å². The van der Waals surface area contributed by atoms with Gasteiger partial charge in [-0.15, -0.1) is 0 Å². The van der Waals surface area contributed by atoms with E-state index in [1.165, 1.54) is 26.4 Å². The summed E-state index contributed by atoms with van der Waals surface area (Å²) >= 11 is 3.30. The van der Waals surface area contributed by atoms with Crippen LogP contribution in [0.1, 0.15) is 5.56 Å². The molecule has 15 heavy (non-hydrogen) atoms. The SMILES string of the molecule is COB(OC)OCc1cc(F)ccc1Br. The Morgan fingerprint density at radius 2 is 2.00 bits per heavy atom. The van der Waals surface area contributed by atoms with Crippen molar-refractivity contribution in [1.82, 2.24) is 0 Å². The van der Waals surface area contributed by atoms with E-state index in [1.54, 1.807) is 6.07 Å². The Balaban J connectivity index is 2.60. The fraction of sp³-hybridized carbons (Fsp3) is 0.333. The zero-order chi connectivity index (χ0) is 11.3. The average molecular weight is 277 g/mol. The van der Waals surface area contributed by atoms with E-state index in [9.17, 15) is 4.39 Å². The standard InChI is InChI=1S/C9H11BBrFO3/c1-13-10(14-2)15-6-7-5-8(12)3-4-9(7)11/h3-5H,6H2,1-2H3. The van der Waals surface area contributed by atoms with Gasteiger partial charge in [-0.3, -0.25) is 0 Å². The van der Waals surface area contributed by atoms with Gasteiger partial charge >= 0.3 is 7.32 Å². The van der Waals surface area contributed by atoms with E-state index in [0.717, 1.165) is 4.47 Å². The summed E-state index contributed by atoms with van der Waals surface area (Å²) in [4.78, 5) is 0. The number of hydrogen-bond donors (Lipinski definition) is 0. The molecule has 0 aliphatic rings. The van der Waals surface area contributed by atoms with E-state index >= 15 is 0 Å². The van der Waals surface area contributed by atoms with Gasteiger partial charge in [-0.25, -0.2) is 4.39 Å². The van der Waals surface area contributed by atoms with Crippen LogP contribution in [-0.2, 0) is 20.6 Å². The van der Waals surface area contributed by atoms with Crippen molar-refractivity contribution in [2.24, 2.45) is 0 Å². The maximum absolute atomic E-state index is 12.9. The van der Waals surface area contributed by atoms with Crippen molar-refractivity contribution in [3.05, 3.63) is 34.1 Å². The van der Waals surface area contributed by atoms with Gasteiger partial charge in [-0.1, -0.05) is 15.9 Å². The van der Waals surface area contributed by atoms with Crippen LogP contribution in [-0.4, -0.2) is 21.5 Å². The molecule has 0 aromatic heterocycles. The molecule has 0 atom stereocenters. The molecule has 1 rings (SSSR count). The molecule has 3 nitrogen and oxygen atoms in total. The lowest BCUT2D eigenvalue weighted by molar-refractivity contribution is 0.128. The second-order valence-corrected chi connectivity index (χ2v) is 3.66. The van der Waals surface area contributed by atoms with E-state index in [2.05, 4.69) is 15.9 Å². The molecule has 0 heterocycles. The predicted octanol–water partition coefficient (Wildman–Crippen LogP) is 2.38. The highest BCUT2D eigenvalue weighted by atomic mass is 79.9. The largest absolute Gasteiger partial charge is 0.639 e. The van der Waals surface area contributed by atoms with E-state index in [1.807, 2.05) is 0 Å². The fourth-order valence-corrected chi connectivity index (χ4v) is 1.41. The van der Waals surface area contributed by atoms with Crippen molar-refractivity contribution in [3.63, 3.8) is 0 Å². The van der Waals surface area contributed by atoms with E-state index in [4.69, 9.17) is 14.0 Å². The summed E-state index contributed by atoms with van der Waals surface area (Å²) in [6.45, 7) is 0.213. The van der Waals surface area contributed by atoms with Gasteiger partial charge in [0.25, 0.3) is 0 Å². The third-order valence-corrected chi connectivity index (χ3v) is 2.54. The smallest absolute Gasteiger partial charge is 0.389 e. The van der Waals surface area contributed by atoms with Crippen molar-refractivity contribution in [2.45, 2.75) is 6.61 Å². The van der Waals surface area contributed by atoms with Crippen LogP contribution in [0.4, 0.5) is 4.39 Å². The van der Waals surface area contributed by atoms with Gasteiger partial charge < -0.3 is 14.0 Å². The third-order valence-electron chi connectivity index (χ3n) is 1.77. The first-order chi connectivity index (χ1) is 7.17. The highest BCUT2D eigenvalue weighted by Crippen LogP contribution is 2.18. The summed E-state index contributed by atoms with van der Waals surface area (Å²) in [5.74, 6) is -0.303. The van der Waals surface area contributed by atoms with Gasteiger partial charge in [-0.2, -0.15) is 0 Å². The molecule has 1 aromatic carbocycles. The lowest BCUT2D eigenvalue weighted by Gasteiger charge is -2.10. The molecule has 0 unspecified atom stereocenters. The van der Waals surface area contributed by atoms with Crippen LogP contribution in [0.3, 0.4) is 0 Å². The summed E-state index contributed by atoms with van der Waals surface area (Å²) in [5.41, 5.74) is 0.703. The molecule has 0 radical (unpaired) electrons. The normalized spacial score (nSPS) is 10.4. The Morgan fingerprint density at radius 1 is 1.33 bits per heavy atom. The highest BCUT2D eigenvalue weighted by Gasteiger charge is 2.17. The minimum Gasteiger partial charge on any atom is -0.389 e. The molecule has 0 fully saturated rings. The molecule has 0 amide bonds. The van der Waals surface area contributed by atoms with E-state index < -0.39 is 7.32 Å². The average Bonchev–Trinajstić information content (AvgIpc) is 2.24. The third kappa shape index (κ3) is 3.91. The van der Waals surface area contributed by atoms with Crippen LogP contribution in [0, 0.1) is 5.82 Å². The second-order valence-electron chi connectivity index (χ2n) is 2.81. The lowest BCUT2D eigenvalue weighted by Crippen LogP contribution is -2.23. The summed E-state index contributed by atoms with van der Waals surface area (Å²) in [5, 5.41) is 0. The molecular formula is C9H11BBrFO3. The quantitative estimate of drug-likeness (QED) is 0.773. The maximum atomic E-state index is 12.9. The predicted molar refractivity (Wildman–Crippen MR) is 58.7 cm³/mol. The van der Waals surface area contributed by atoms with E-state index in [-0.39, 0.29) is 12.4 Å². The number of hydrogen-bond acceptors (Lipinski definition) is 3. The number of halogens is 2. The molecule has 6 heteroatoms. The molecule has 0 aliphatic heterocycles. The van der Waals surface area contributed by atoms with Gasteiger partial charge in [0.1, 0.15) is 5.82 Å². The molecule has 1 aromatic rings. The number of benzene rings is 1. The first kappa shape index (κ1) is 12.6. The van der Waals surface area contributed by atoms with Gasteiger partial charge in [0, 0.05) is 18.7 Å². The molecule has 0 N–H and O–H groups in total. The van der Waals surface area contributed by atoms with Crippen LogP contribution in [0.15, 0.2) is 22.7 Å². The van der Waals surface area contributed by atoms with Crippen molar-refractivity contribution in [1.29, 1.82) is 0 Å². The van der Waals surface area contributed by atoms with Crippen molar-refractivity contribution >= 4 is 23.3 Å².